The molecule has 3 rings (SSSR count). The van der Waals surface area contributed by atoms with Gasteiger partial charge >= 0.3 is 0 Å². The summed E-state index contributed by atoms with van der Waals surface area (Å²) >= 11 is 0. The molecule has 0 unspecified atom stereocenters. The number of hydrogen-bond acceptors (Lipinski definition) is 4. The maximum Gasteiger partial charge on any atom is 0.262 e. The van der Waals surface area contributed by atoms with Crippen molar-refractivity contribution in [3.63, 3.8) is 0 Å². The number of carbonyl (C=O) groups is 1. The molecule has 1 amide bonds. The summed E-state index contributed by atoms with van der Waals surface area (Å²) in [5, 5.41) is 3.07. The number of nitrogens with one attached hydrogen (secondary N) is 1. The molecule has 7 nitrogen and oxygen atoms in total. The summed E-state index contributed by atoms with van der Waals surface area (Å²) in [6, 6.07) is 6.10. The quantitative estimate of drug-likeness (QED) is 0.830. The van der Waals surface area contributed by atoms with Gasteiger partial charge < -0.3 is 9.88 Å². The van der Waals surface area contributed by atoms with Gasteiger partial charge in [0.05, 0.1) is 6.33 Å². The van der Waals surface area contributed by atoms with Gasteiger partial charge in [0, 0.05) is 36.9 Å². The molecule has 28 heavy (non-hydrogen) atoms. The number of sulfonamides is 1. The molecule has 0 bridgehead atoms. The third-order valence-electron chi connectivity index (χ3n) is 5.25. The molecule has 2 heterocycles. The number of aryl methyl sites for hydroxylation is 2. The van der Waals surface area contributed by atoms with Crippen LogP contribution < -0.4 is 5.32 Å². The predicted octanol–water partition coefficient (Wildman–Crippen LogP) is 3.12. The van der Waals surface area contributed by atoms with Crippen LogP contribution in [0.15, 0.2) is 35.7 Å². The summed E-state index contributed by atoms with van der Waals surface area (Å²) in [6.45, 7) is 8.53. The Labute approximate surface area is 166 Å². The number of carbonyl (C=O) groups excluding carboxylic acids is 1. The lowest BCUT2D eigenvalue weighted by Crippen LogP contribution is -2.41. The van der Waals surface area contributed by atoms with Crippen molar-refractivity contribution < 1.29 is 13.2 Å². The molecule has 152 valence electrons. The van der Waals surface area contributed by atoms with Crippen LogP contribution in [0.1, 0.15) is 43.9 Å². The molecule has 0 radical (unpaired) electrons. The van der Waals surface area contributed by atoms with Crippen molar-refractivity contribution in [2.75, 3.05) is 18.4 Å². The summed E-state index contributed by atoms with van der Waals surface area (Å²) in [4.78, 5) is 16.7. The maximum atomic E-state index is 12.8. The number of aromatic nitrogens is 2. The van der Waals surface area contributed by atoms with Crippen molar-refractivity contribution in [1.29, 1.82) is 0 Å². The van der Waals surface area contributed by atoms with Crippen LogP contribution in [-0.4, -0.2) is 41.3 Å². The van der Waals surface area contributed by atoms with Gasteiger partial charge in [-0.25, -0.2) is 13.4 Å². The standard InChI is InChI=1S/C20H28N4O3S/c1-14(2)23-12-19(21-13-23)28(26,27)24-9-7-17(8-10-24)20(25)22-18-11-15(3)5-6-16(18)4/h5-6,11-14,17H,7-10H2,1-4H3,(H,22,25). The van der Waals surface area contributed by atoms with Crippen LogP contribution in [0.2, 0.25) is 0 Å². The summed E-state index contributed by atoms with van der Waals surface area (Å²) in [7, 11) is -3.63. The summed E-state index contributed by atoms with van der Waals surface area (Å²) in [5.41, 5.74) is 2.92. The van der Waals surface area contributed by atoms with Gasteiger partial charge in [-0.05, 0) is 57.7 Å². The molecular formula is C20H28N4O3S. The van der Waals surface area contributed by atoms with E-state index in [1.807, 2.05) is 45.9 Å². The van der Waals surface area contributed by atoms with E-state index in [1.165, 1.54) is 4.31 Å². The molecule has 1 aromatic heterocycles. The lowest BCUT2D eigenvalue weighted by Gasteiger charge is -2.30. The maximum absolute atomic E-state index is 12.8. The largest absolute Gasteiger partial charge is 0.334 e. The normalized spacial score (nSPS) is 16.5. The molecule has 1 saturated heterocycles. The summed E-state index contributed by atoms with van der Waals surface area (Å²) in [5.74, 6) is -0.241. The van der Waals surface area contributed by atoms with Crippen molar-refractivity contribution in [2.45, 2.75) is 51.6 Å². The van der Waals surface area contributed by atoms with Crippen LogP contribution >= 0.6 is 0 Å². The van der Waals surface area contributed by atoms with Gasteiger partial charge in [0.25, 0.3) is 10.0 Å². The number of amides is 1. The van der Waals surface area contributed by atoms with E-state index in [1.54, 1.807) is 17.1 Å². The SMILES string of the molecule is Cc1ccc(C)c(NC(=O)C2CCN(S(=O)(=O)c3cn(C(C)C)cn3)CC2)c1. The van der Waals surface area contributed by atoms with Gasteiger partial charge in [-0.2, -0.15) is 4.31 Å². The number of nitrogens with zero attached hydrogens (tertiary/aromatic N) is 3. The van der Waals surface area contributed by atoms with Crippen LogP contribution in [0.4, 0.5) is 5.69 Å². The Bertz CT molecular complexity index is 958. The van der Waals surface area contributed by atoms with Crippen LogP contribution in [-0.2, 0) is 14.8 Å². The average Bonchev–Trinajstić information content (AvgIpc) is 3.16. The minimum absolute atomic E-state index is 0.0465. The number of benzene rings is 1. The Balaban J connectivity index is 1.63. The van der Waals surface area contributed by atoms with Gasteiger partial charge in [-0.1, -0.05) is 12.1 Å². The molecule has 1 aliphatic heterocycles. The first-order valence-electron chi connectivity index (χ1n) is 9.60. The lowest BCUT2D eigenvalue weighted by atomic mass is 9.97. The highest BCUT2D eigenvalue weighted by molar-refractivity contribution is 7.89. The Morgan fingerprint density at radius 3 is 2.50 bits per heavy atom. The van der Waals surface area contributed by atoms with E-state index in [-0.39, 0.29) is 22.9 Å². The van der Waals surface area contributed by atoms with Gasteiger partial charge in [0.15, 0.2) is 5.03 Å². The van der Waals surface area contributed by atoms with Gasteiger partial charge in [-0.15, -0.1) is 0 Å². The number of anilines is 1. The molecular weight excluding hydrogens is 376 g/mol. The summed E-state index contributed by atoms with van der Waals surface area (Å²) < 4.78 is 28.9. The highest BCUT2D eigenvalue weighted by Crippen LogP contribution is 2.25. The second-order valence-electron chi connectivity index (χ2n) is 7.74. The molecule has 2 aromatic rings. The third kappa shape index (κ3) is 4.28. The van der Waals surface area contributed by atoms with Crippen LogP contribution in [0.3, 0.4) is 0 Å². The number of piperidine rings is 1. The molecule has 1 aliphatic rings. The van der Waals surface area contributed by atoms with E-state index in [4.69, 9.17) is 0 Å². The Kier molecular flexibility index (Phi) is 5.90. The zero-order valence-corrected chi connectivity index (χ0v) is 17.7. The fourth-order valence-corrected chi connectivity index (χ4v) is 4.72. The summed E-state index contributed by atoms with van der Waals surface area (Å²) in [6.07, 6.45) is 4.11. The van der Waals surface area contributed by atoms with Crippen molar-refractivity contribution in [2.24, 2.45) is 5.92 Å². The fraction of sp³-hybridized carbons (Fsp3) is 0.500. The first-order valence-corrected chi connectivity index (χ1v) is 11.0. The molecule has 0 spiro atoms. The van der Waals surface area contributed by atoms with E-state index in [0.29, 0.717) is 25.9 Å². The minimum Gasteiger partial charge on any atom is -0.334 e. The van der Waals surface area contributed by atoms with Crippen LogP contribution in [0, 0.1) is 19.8 Å². The van der Waals surface area contributed by atoms with Crippen molar-refractivity contribution in [3.05, 3.63) is 41.9 Å². The smallest absolute Gasteiger partial charge is 0.262 e. The van der Waals surface area contributed by atoms with E-state index in [0.717, 1.165) is 16.8 Å². The first kappa shape index (κ1) is 20.5. The second-order valence-corrected chi connectivity index (χ2v) is 9.62. The first-order chi connectivity index (χ1) is 13.2. The average molecular weight is 405 g/mol. The fourth-order valence-electron chi connectivity index (χ4n) is 3.33. The number of imidazole rings is 1. The van der Waals surface area contributed by atoms with Gasteiger partial charge in [0.2, 0.25) is 5.91 Å². The number of rotatable bonds is 5. The lowest BCUT2D eigenvalue weighted by molar-refractivity contribution is -0.120. The van der Waals surface area contributed by atoms with E-state index in [2.05, 4.69) is 10.3 Å². The Morgan fingerprint density at radius 1 is 1.21 bits per heavy atom. The number of hydrogen-bond donors (Lipinski definition) is 1. The molecule has 8 heteroatoms. The second kappa shape index (κ2) is 8.05. The van der Waals surface area contributed by atoms with Crippen LogP contribution in [0.25, 0.3) is 0 Å². The Hall–Kier alpha value is -2.19. The third-order valence-corrected chi connectivity index (χ3v) is 7.04. The zero-order chi connectivity index (χ0) is 20.5. The molecule has 0 saturated carbocycles. The molecule has 0 atom stereocenters. The van der Waals surface area contributed by atoms with E-state index < -0.39 is 10.0 Å². The highest BCUT2D eigenvalue weighted by atomic mass is 32.2. The Morgan fingerprint density at radius 2 is 1.89 bits per heavy atom. The van der Waals surface area contributed by atoms with E-state index >= 15 is 0 Å². The van der Waals surface area contributed by atoms with Crippen molar-refractivity contribution in [1.82, 2.24) is 13.9 Å². The topological polar surface area (TPSA) is 84.3 Å². The van der Waals surface area contributed by atoms with Gasteiger partial charge in [-0.3, -0.25) is 4.79 Å². The molecule has 0 aliphatic carbocycles. The zero-order valence-electron chi connectivity index (χ0n) is 16.8. The minimum atomic E-state index is -3.63. The highest BCUT2D eigenvalue weighted by Gasteiger charge is 2.33. The molecule has 1 N–H and O–H groups in total. The molecule has 1 fully saturated rings. The molecule has 1 aromatic carbocycles. The van der Waals surface area contributed by atoms with Gasteiger partial charge in [0.1, 0.15) is 0 Å². The monoisotopic (exact) mass is 404 g/mol. The predicted molar refractivity (Wildman–Crippen MR) is 109 cm³/mol. The van der Waals surface area contributed by atoms with Crippen LogP contribution in [0.5, 0.6) is 0 Å². The van der Waals surface area contributed by atoms with E-state index in [9.17, 15) is 13.2 Å². The van der Waals surface area contributed by atoms with Crippen molar-refractivity contribution in [3.8, 4) is 0 Å². The van der Waals surface area contributed by atoms with Crippen molar-refractivity contribution >= 4 is 21.6 Å².